The molecule has 2 amide bonds. The van der Waals surface area contributed by atoms with Gasteiger partial charge in [0, 0.05) is 17.3 Å². The second kappa shape index (κ2) is 6.12. The molecule has 0 atom stereocenters. The van der Waals surface area contributed by atoms with E-state index in [1.165, 1.54) is 11.3 Å². The molecule has 6 nitrogen and oxygen atoms in total. The standard InChI is InChI=1S/C11H12F3N5OS/c1-7-2-15-9(21-7)4-16-10(20)18-8-3-17-19(5-8)6-11(12,13)14/h2-3,5H,4,6H2,1H3,(H2,16,18,20). The van der Waals surface area contributed by atoms with Crippen LogP contribution in [0.4, 0.5) is 23.7 Å². The maximum atomic E-state index is 12.2. The van der Waals surface area contributed by atoms with Crippen molar-refractivity contribution in [1.29, 1.82) is 0 Å². The lowest BCUT2D eigenvalue weighted by atomic mass is 10.5. The van der Waals surface area contributed by atoms with Crippen molar-refractivity contribution in [1.82, 2.24) is 20.1 Å². The smallest absolute Gasteiger partial charge is 0.331 e. The van der Waals surface area contributed by atoms with Crippen LogP contribution in [0.1, 0.15) is 9.88 Å². The molecule has 0 bridgehead atoms. The summed E-state index contributed by atoms with van der Waals surface area (Å²) in [6.07, 6.45) is -0.394. The van der Waals surface area contributed by atoms with E-state index in [0.29, 0.717) is 4.68 Å². The summed E-state index contributed by atoms with van der Waals surface area (Å²) in [5, 5.41) is 9.22. The molecule has 0 aliphatic carbocycles. The van der Waals surface area contributed by atoms with Crippen LogP contribution >= 0.6 is 11.3 Å². The highest BCUT2D eigenvalue weighted by atomic mass is 32.1. The van der Waals surface area contributed by atoms with Gasteiger partial charge in [-0.15, -0.1) is 11.3 Å². The fourth-order valence-electron chi connectivity index (χ4n) is 1.51. The molecule has 2 heterocycles. The van der Waals surface area contributed by atoms with Crippen molar-refractivity contribution in [2.75, 3.05) is 5.32 Å². The zero-order valence-electron chi connectivity index (χ0n) is 10.9. The van der Waals surface area contributed by atoms with E-state index in [1.807, 2.05) is 6.92 Å². The Morgan fingerprint density at radius 3 is 2.81 bits per heavy atom. The highest BCUT2D eigenvalue weighted by Crippen LogP contribution is 2.18. The van der Waals surface area contributed by atoms with Gasteiger partial charge in [-0.1, -0.05) is 0 Å². The van der Waals surface area contributed by atoms with Gasteiger partial charge in [-0.3, -0.25) is 4.68 Å². The Hall–Kier alpha value is -2.10. The maximum Gasteiger partial charge on any atom is 0.408 e. The van der Waals surface area contributed by atoms with Gasteiger partial charge in [0.1, 0.15) is 11.6 Å². The first-order chi connectivity index (χ1) is 9.82. The summed E-state index contributed by atoms with van der Waals surface area (Å²) in [6.45, 7) is 0.950. The third-order valence-electron chi connectivity index (χ3n) is 2.30. The predicted octanol–water partition coefficient (Wildman–Crippen LogP) is 2.53. The number of hydrogen-bond donors (Lipinski definition) is 2. The number of hydrogen-bond acceptors (Lipinski definition) is 4. The molecule has 2 rings (SSSR count). The van der Waals surface area contributed by atoms with Gasteiger partial charge in [-0.25, -0.2) is 9.78 Å². The second-order valence-corrected chi connectivity index (χ2v) is 5.53. The molecular formula is C11H12F3N5OS. The minimum atomic E-state index is -4.35. The lowest BCUT2D eigenvalue weighted by Gasteiger charge is -2.05. The lowest BCUT2D eigenvalue weighted by molar-refractivity contribution is -0.142. The van der Waals surface area contributed by atoms with Crippen molar-refractivity contribution in [3.63, 3.8) is 0 Å². The quantitative estimate of drug-likeness (QED) is 0.909. The van der Waals surface area contributed by atoms with Gasteiger partial charge < -0.3 is 10.6 Å². The Morgan fingerprint density at radius 1 is 1.43 bits per heavy atom. The number of anilines is 1. The summed E-state index contributed by atoms with van der Waals surface area (Å²) in [5.74, 6) is 0. The van der Waals surface area contributed by atoms with Crippen LogP contribution in [0.2, 0.25) is 0 Å². The number of carbonyl (C=O) groups is 1. The topological polar surface area (TPSA) is 71.8 Å². The van der Waals surface area contributed by atoms with Crippen LogP contribution in [0.3, 0.4) is 0 Å². The van der Waals surface area contributed by atoms with Crippen LogP contribution in [-0.4, -0.2) is 27.0 Å². The number of aromatic nitrogens is 3. The van der Waals surface area contributed by atoms with Gasteiger partial charge in [0.25, 0.3) is 0 Å². The van der Waals surface area contributed by atoms with Crippen molar-refractivity contribution in [2.45, 2.75) is 26.2 Å². The normalized spacial score (nSPS) is 11.4. The fourth-order valence-corrected chi connectivity index (χ4v) is 2.24. The number of carbonyl (C=O) groups excluding carboxylic acids is 1. The molecule has 0 saturated carbocycles. The molecule has 10 heteroatoms. The fraction of sp³-hybridized carbons (Fsp3) is 0.364. The van der Waals surface area contributed by atoms with Gasteiger partial charge in [-0.2, -0.15) is 18.3 Å². The third kappa shape index (κ3) is 5.06. The lowest BCUT2D eigenvalue weighted by Crippen LogP contribution is -2.28. The number of rotatable bonds is 4. The average molecular weight is 319 g/mol. The summed E-state index contributed by atoms with van der Waals surface area (Å²) >= 11 is 1.45. The van der Waals surface area contributed by atoms with Crippen LogP contribution < -0.4 is 10.6 Å². The molecule has 0 unspecified atom stereocenters. The first-order valence-electron chi connectivity index (χ1n) is 5.87. The zero-order chi connectivity index (χ0) is 15.5. The molecule has 0 spiro atoms. The van der Waals surface area contributed by atoms with Crippen molar-refractivity contribution in [3.05, 3.63) is 28.5 Å². The second-order valence-electron chi connectivity index (χ2n) is 4.21. The van der Waals surface area contributed by atoms with E-state index in [4.69, 9.17) is 0 Å². The molecule has 0 aromatic carbocycles. The van der Waals surface area contributed by atoms with Crippen molar-refractivity contribution in [2.24, 2.45) is 0 Å². The molecule has 0 aliphatic heterocycles. The van der Waals surface area contributed by atoms with Crippen LogP contribution in [-0.2, 0) is 13.1 Å². The van der Waals surface area contributed by atoms with Crippen LogP contribution in [0, 0.1) is 6.92 Å². The first kappa shape index (κ1) is 15.3. The number of thiazole rings is 1. The average Bonchev–Trinajstić information content (AvgIpc) is 2.94. The van der Waals surface area contributed by atoms with Crippen molar-refractivity contribution >= 4 is 23.1 Å². The summed E-state index contributed by atoms with van der Waals surface area (Å²) in [4.78, 5) is 16.7. The summed E-state index contributed by atoms with van der Waals surface area (Å²) in [5.41, 5.74) is 0.187. The number of halogens is 3. The molecule has 0 saturated heterocycles. The van der Waals surface area contributed by atoms with Gasteiger partial charge in [0.15, 0.2) is 0 Å². The van der Waals surface area contributed by atoms with E-state index in [9.17, 15) is 18.0 Å². The van der Waals surface area contributed by atoms with Gasteiger partial charge in [0.05, 0.1) is 18.4 Å². The third-order valence-corrected chi connectivity index (χ3v) is 3.21. The number of amides is 2. The Morgan fingerprint density at radius 2 is 2.19 bits per heavy atom. The van der Waals surface area contributed by atoms with E-state index in [2.05, 4.69) is 20.7 Å². The van der Waals surface area contributed by atoms with E-state index in [-0.39, 0.29) is 12.2 Å². The molecule has 0 fully saturated rings. The number of urea groups is 1. The molecular weight excluding hydrogens is 307 g/mol. The molecule has 2 aromatic rings. The number of nitrogens with zero attached hydrogens (tertiary/aromatic N) is 3. The van der Waals surface area contributed by atoms with E-state index < -0.39 is 18.8 Å². The molecule has 0 radical (unpaired) electrons. The van der Waals surface area contributed by atoms with Crippen molar-refractivity contribution in [3.8, 4) is 0 Å². The van der Waals surface area contributed by atoms with Crippen LogP contribution in [0.5, 0.6) is 0 Å². The SMILES string of the molecule is Cc1cnc(CNC(=O)Nc2cnn(CC(F)(F)F)c2)s1. The molecule has 0 aliphatic rings. The molecule has 2 N–H and O–H groups in total. The highest BCUT2D eigenvalue weighted by molar-refractivity contribution is 7.11. The monoisotopic (exact) mass is 319 g/mol. The summed E-state index contributed by atoms with van der Waals surface area (Å²) < 4.78 is 37.2. The molecule has 2 aromatic heterocycles. The zero-order valence-corrected chi connectivity index (χ0v) is 11.8. The predicted molar refractivity (Wildman–Crippen MR) is 71.0 cm³/mol. The Bertz CT molecular complexity index is 621. The number of aryl methyl sites for hydroxylation is 1. The summed E-state index contributed by atoms with van der Waals surface area (Å²) in [6, 6.07) is -0.533. The Labute approximate surface area is 122 Å². The van der Waals surface area contributed by atoms with E-state index in [1.54, 1.807) is 6.20 Å². The minimum Gasteiger partial charge on any atom is -0.331 e. The van der Waals surface area contributed by atoms with E-state index >= 15 is 0 Å². The van der Waals surface area contributed by atoms with Gasteiger partial charge in [-0.05, 0) is 6.92 Å². The highest BCUT2D eigenvalue weighted by Gasteiger charge is 2.28. The van der Waals surface area contributed by atoms with E-state index in [0.717, 1.165) is 22.3 Å². The largest absolute Gasteiger partial charge is 0.408 e. The Balaban J connectivity index is 1.82. The van der Waals surface area contributed by atoms with Gasteiger partial charge >= 0.3 is 12.2 Å². The summed E-state index contributed by atoms with van der Waals surface area (Å²) in [7, 11) is 0. The Kier molecular flexibility index (Phi) is 4.46. The molecule has 114 valence electrons. The van der Waals surface area contributed by atoms with Crippen LogP contribution in [0.25, 0.3) is 0 Å². The van der Waals surface area contributed by atoms with Crippen molar-refractivity contribution < 1.29 is 18.0 Å². The number of alkyl halides is 3. The number of nitrogens with one attached hydrogen (secondary N) is 2. The van der Waals surface area contributed by atoms with Gasteiger partial charge in [0.2, 0.25) is 0 Å². The molecule has 21 heavy (non-hydrogen) atoms. The first-order valence-corrected chi connectivity index (χ1v) is 6.69. The maximum absolute atomic E-state index is 12.2. The van der Waals surface area contributed by atoms with Crippen LogP contribution in [0.15, 0.2) is 18.6 Å². The minimum absolute atomic E-state index is 0.187.